The quantitative estimate of drug-likeness (QED) is 0.837. The molecule has 19 heavy (non-hydrogen) atoms. The lowest BCUT2D eigenvalue weighted by Gasteiger charge is -2.28. The third kappa shape index (κ3) is 3.11. The maximum Gasteiger partial charge on any atom is 0.165 e. The zero-order valence-electron chi connectivity index (χ0n) is 11.5. The van der Waals surface area contributed by atoms with Crippen molar-refractivity contribution in [1.29, 1.82) is 0 Å². The summed E-state index contributed by atoms with van der Waals surface area (Å²) in [7, 11) is 0.581. The zero-order chi connectivity index (χ0) is 14.0. The van der Waals surface area contributed by atoms with Crippen LogP contribution >= 0.6 is 0 Å². The van der Waals surface area contributed by atoms with Gasteiger partial charge in [-0.3, -0.25) is 13.9 Å². The van der Waals surface area contributed by atoms with Gasteiger partial charge in [-0.2, -0.15) is 0 Å². The van der Waals surface area contributed by atoms with Gasteiger partial charge in [0.1, 0.15) is 5.72 Å². The number of rotatable bonds is 4. The van der Waals surface area contributed by atoms with Crippen molar-refractivity contribution in [2.24, 2.45) is 0 Å². The Morgan fingerprint density at radius 2 is 2.05 bits per heavy atom. The second kappa shape index (κ2) is 5.53. The summed E-state index contributed by atoms with van der Waals surface area (Å²) < 4.78 is 17.7. The number of ketones is 1. The highest BCUT2D eigenvalue weighted by atomic mass is 32.2. The second-order valence-electron chi connectivity index (χ2n) is 5.15. The van der Waals surface area contributed by atoms with Crippen LogP contribution in [0.3, 0.4) is 0 Å². The van der Waals surface area contributed by atoms with Crippen LogP contribution < -0.4 is 0 Å². The molecule has 2 atom stereocenters. The number of hydrogen-bond acceptors (Lipinski definition) is 4. The van der Waals surface area contributed by atoms with Crippen molar-refractivity contribution in [3.63, 3.8) is 0 Å². The van der Waals surface area contributed by atoms with Crippen LogP contribution in [0.2, 0.25) is 0 Å². The van der Waals surface area contributed by atoms with E-state index in [0.717, 1.165) is 0 Å². The number of nitrogens with zero attached hydrogens (tertiary/aromatic N) is 1. The van der Waals surface area contributed by atoms with E-state index in [1.54, 1.807) is 12.1 Å². The van der Waals surface area contributed by atoms with Gasteiger partial charge in [0, 0.05) is 4.90 Å². The molecule has 5 heteroatoms. The van der Waals surface area contributed by atoms with Crippen LogP contribution in [0, 0.1) is 0 Å². The number of ether oxygens (including phenoxy) is 1. The summed E-state index contributed by atoms with van der Waals surface area (Å²) in [6.45, 7) is 4.22. The first kappa shape index (κ1) is 14.4. The maximum absolute atomic E-state index is 12.2. The highest BCUT2D eigenvalue weighted by Gasteiger charge is 2.41. The van der Waals surface area contributed by atoms with Crippen LogP contribution in [0.1, 0.15) is 13.8 Å². The molecular formula is C14H19NO3S. The molecule has 0 aromatic heterocycles. The minimum Gasteiger partial charge on any atom is -0.359 e. The third-order valence-corrected chi connectivity index (χ3v) is 4.91. The molecule has 0 bridgehead atoms. The molecule has 1 saturated heterocycles. The normalized spacial score (nSPS) is 24.3. The number of benzene rings is 1. The van der Waals surface area contributed by atoms with Crippen LogP contribution in [0.15, 0.2) is 35.2 Å². The Morgan fingerprint density at radius 1 is 1.42 bits per heavy atom. The summed E-state index contributed by atoms with van der Waals surface area (Å²) in [5.41, 5.74) is -0.436. The molecule has 1 aliphatic heterocycles. The summed E-state index contributed by atoms with van der Waals surface area (Å²) in [5, 5.41) is 0. The van der Waals surface area contributed by atoms with Gasteiger partial charge >= 0.3 is 0 Å². The van der Waals surface area contributed by atoms with Gasteiger partial charge in [-0.05, 0) is 33.0 Å². The van der Waals surface area contributed by atoms with E-state index < -0.39 is 16.5 Å². The number of likely N-dealkylation sites (N-methyl/N-ethyl adjacent to an activating group) is 1. The third-order valence-electron chi connectivity index (χ3n) is 3.56. The lowest BCUT2D eigenvalue weighted by atomic mass is 10.2. The maximum atomic E-state index is 12.2. The first-order valence-corrected chi connectivity index (χ1v) is 7.57. The molecule has 4 nitrogen and oxygen atoms in total. The SMILES string of the molecule is CN1C(C(=O)CS(=O)c2ccccc2)COC1(C)C. The Hall–Kier alpha value is -1.04. The molecule has 1 aliphatic rings. The topological polar surface area (TPSA) is 46.6 Å². The largest absolute Gasteiger partial charge is 0.359 e. The molecule has 104 valence electrons. The van der Waals surface area contributed by atoms with E-state index in [9.17, 15) is 9.00 Å². The molecule has 0 aliphatic carbocycles. The van der Waals surface area contributed by atoms with Gasteiger partial charge in [0.15, 0.2) is 5.78 Å². The second-order valence-corrected chi connectivity index (χ2v) is 6.60. The number of hydrogen-bond donors (Lipinski definition) is 0. The van der Waals surface area contributed by atoms with Crippen LogP contribution in [0.25, 0.3) is 0 Å². The molecule has 1 fully saturated rings. The molecule has 1 heterocycles. The fourth-order valence-corrected chi connectivity index (χ4v) is 3.14. The van der Waals surface area contributed by atoms with E-state index >= 15 is 0 Å². The first-order valence-electron chi connectivity index (χ1n) is 6.25. The van der Waals surface area contributed by atoms with Gasteiger partial charge in [0.2, 0.25) is 0 Å². The van der Waals surface area contributed by atoms with E-state index in [4.69, 9.17) is 4.74 Å². The van der Waals surface area contributed by atoms with Gasteiger partial charge in [0.25, 0.3) is 0 Å². The number of carbonyl (C=O) groups is 1. The summed E-state index contributed by atoms with van der Waals surface area (Å²) >= 11 is 0. The number of Topliss-reactive ketones (excluding diaryl/α,β-unsaturated/α-hetero) is 1. The predicted molar refractivity (Wildman–Crippen MR) is 74.3 cm³/mol. The first-order chi connectivity index (χ1) is 8.92. The van der Waals surface area contributed by atoms with Crippen molar-refractivity contribution in [2.45, 2.75) is 30.5 Å². The van der Waals surface area contributed by atoms with Crippen molar-refractivity contribution in [3.05, 3.63) is 30.3 Å². The molecule has 2 rings (SSSR count). The van der Waals surface area contributed by atoms with Crippen molar-refractivity contribution in [1.82, 2.24) is 4.90 Å². The molecule has 0 spiro atoms. The van der Waals surface area contributed by atoms with Gasteiger partial charge < -0.3 is 4.74 Å². The smallest absolute Gasteiger partial charge is 0.165 e. The van der Waals surface area contributed by atoms with Crippen molar-refractivity contribution in [2.75, 3.05) is 19.4 Å². The van der Waals surface area contributed by atoms with E-state index in [1.165, 1.54) is 0 Å². The summed E-state index contributed by atoms with van der Waals surface area (Å²) in [5.74, 6) is 0.00797. The Morgan fingerprint density at radius 3 is 2.58 bits per heavy atom. The Kier molecular flexibility index (Phi) is 4.18. The summed E-state index contributed by atoms with van der Waals surface area (Å²) in [6.07, 6.45) is 0. The van der Waals surface area contributed by atoms with E-state index in [1.807, 2.05) is 44.0 Å². The average Bonchev–Trinajstić information content (AvgIpc) is 2.65. The lowest BCUT2D eigenvalue weighted by molar-refractivity contribution is -0.121. The molecule has 0 radical (unpaired) electrons. The molecule has 0 N–H and O–H groups in total. The van der Waals surface area contributed by atoms with Crippen molar-refractivity contribution in [3.8, 4) is 0 Å². The van der Waals surface area contributed by atoms with Crippen molar-refractivity contribution >= 4 is 16.6 Å². The van der Waals surface area contributed by atoms with Gasteiger partial charge in [-0.25, -0.2) is 0 Å². The highest BCUT2D eigenvalue weighted by Crippen LogP contribution is 2.25. The van der Waals surface area contributed by atoms with Gasteiger partial charge in [0.05, 0.1) is 29.2 Å². The van der Waals surface area contributed by atoms with E-state index in [-0.39, 0.29) is 17.6 Å². The van der Waals surface area contributed by atoms with Crippen molar-refractivity contribution < 1.29 is 13.7 Å². The van der Waals surface area contributed by atoms with Crippen LogP contribution in [0.5, 0.6) is 0 Å². The summed E-state index contributed by atoms with van der Waals surface area (Å²) in [4.78, 5) is 14.8. The Bertz CT molecular complexity index is 487. The summed E-state index contributed by atoms with van der Waals surface area (Å²) in [6, 6.07) is 8.77. The molecule has 2 unspecified atom stereocenters. The Labute approximate surface area is 116 Å². The fraction of sp³-hybridized carbons (Fsp3) is 0.500. The zero-order valence-corrected chi connectivity index (χ0v) is 12.3. The highest BCUT2D eigenvalue weighted by molar-refractivity contribution is 7.85. The molecule has 0 amide bonds. The average molecular weight is 281 g/mol. The molecular weight excluding hydrogens is 262 g/mol. The van der Waals surface area contributed by atoms with Crippen LogP contribution in [-0.2, 0) is 20.3 Å². The minimum atomic E-state index is -1.28. The number of carbonyl (C=O) groups excluding carboxylic acids is 1. The fourth-order valence-electron chi connectivity index (χ4n) is 2.06. The molecule has 0 saturated carbocycles. The monoisotopic (exact) mass is 281 g/mol. The van der Waals surface area contributed by atoms with Crippen LogP contribution in [-0.4, -0.2) is 46.1 Å². The van der Waals surface area contributed by atoms with Gasteiger partial charge in [-0.1, -0.05) is 18.2 Å². The lowest BCUT2D eigenvalue weighted by Crippen LogP contribution is -2.45. The predicted octanol–water partition coefficient (Wildman–Crippen LogP) is 1.43. The van der Waals surface area contributed by atoms with Crippen LogP contribution in [0.4, 0.5) is 0 Å². The van der Waals surface area contributed by atoms with E-state index in [0.29, 0.717) is 11.5 Å². The van der Waals surface area contributed by atoms with Gasteiger partial charge in [-0.15, -0.1) is 0 Å². The van der Waals surface area contributed by atoms with E-state index in [2.05, 4.69) is 0 Å². The molecule has 1 aromatic carbocycles. The Balaban J connectivity index is 2.01. The minimum absolute atomic E-state index is 0.0322. The molecule has 1 aromatic rings. The standard InChI is InChI=1S/C14H19NO3S/c1-14(2)15(3)12(9-18-14)13(16)10-19(17)11-7-5-4-6-8-11/h4-8,12H,9-10H2,1-3H3.